The highest BCUT2D eigenvalue weighted by Gasteiger charge is 1.75. The second-order valence-corrected chi connectivity index (χ2v) is 2.02. The van der Waals surface area contributed by atoms with Crippen molar-refractivity contribution in [2.45, 2.75) is 26.2 Å². The molecule has 10 heavy (non-hydrogen) atoms. The van der Waals surface area contributed by atoms with E-state index in [1.54, 1.807) is 0 Å². The van der Waals surface area contributed by atoms with Crippen molar-refractivity contribution >= 4 is 6.29 Å². The zero-order valence-corrected chi connectivity index (χ0v) is 6.42. The van der Waals surface area contributed by atoms with Gasteiger partial charge in [0.1, 0.15) is 6.29 Å². The maximum atomic E-state index is 9.85. The fourth-order valence-corrected chi connectivity index (χ4v) is 0.593. The standard InChI is InChI=1S/C9H14O/c1-2-3-4-5-6-7-8-9-10/h2-3,5-6,9H,4,7-8H2,1H3/b3-2-,6-5-. The summed E-state index contributed by atoms with van der Waals surface area (Å²) in [5.41, 5.74) is 0. The predicted molar refractivity (Wildman–Crippen MR) is 43.9 cm³/mol. The van der Waals surface area contributed by atoms with Crippen LogP contribution in [0.2, 0.25) is 0 Å². The van der Waals surface area contributed by atoms with Crippen molar-refractivity contribution in [3.63, 3.8) is 0 Å². The van der Waals surface area contributed by atoms with Crippen LogP contribution < -0.4 is 0 Å². The first-order valence-electron chi connectivity index (χ1n) is 3.61. The fourth-order valence-electron chi connectivity index (χ4n) is 0.593. The SMILES string of the molecule is C/C=C\C/C=C\CCC=O. The van der Waals surface area contributed by atoms with Gasteiger partial charge >= 0.3 is 0 Å². The Morgan fingerprint density at radius 2 is 1.90 bits per heavy atom. The molecule has 1 heteroatoms. The van der Waals surface area contributed by atoms with Gasteiger partial charge in [-0.2, -0.15) is 0 Å². The molecule has 56 valence electrons. The largest absolute Gasteiger partial charge is 0.303 e. The lowest BCUT2D eigenvalue weighted by molar-refractivity contribution is -0.107. The van der Waals surface area contributed by atoms with E-state index in [-0.39, 0.29) is 0 Å². The number of unbranched alkanes of at least 4 members (excludes halogenated alkanes) is 1. The molecule has 0 saturated carbocycles. The van der Waals surface area contributed by atoms with Gasteiger partial charge in [-0.25, -0.2) is 0 Å². The first-order chi connectivity index (χ1) is 4.91. The van der Waals surface area contributed by atoms with E-state index in [0.29, 0.717) is 6.42 Å². The van der Waals surface area contributed by atoms with E-state index in [9.17, 15) is 4.79 Å². The van der Waals surface area contributed by atoms with Crippen LogP contribution in [0.5, 0.6) is 0 Å². The van der Waals surface area contributed by atoms with Crippen molar-refractivity contribution in [1.82, 2.24) is 0 Å². The lowest BCUT2D eigenvalue weighted by Crippen LogP contribution is -1.69. The summed E-state index contributed by atoms with van der Waals surface area (Å²) in [6.45, 7) is 2.00. The van der Waals surface area contributed by atoms with Crippen LogP contribution in [-0.2, 0) is 4.79 Å². The van der Waals surface area contributed by atoms with Crippen molar-refractivity contribution in [2.75, 3.05) is 0 Å². The van der Waals surface area contributed by atoms with E-state index in [4.69, 9.17) is 0 Å². The van der Waals surface area contributed by atoms with Crippen molar-refractivity contribution in [1.29, 1.82) is 0 Å². The quantitative estimate of drug-likeness (QED) is 0.324. The Morgan fingerprint density at radius 3 is 2.50 bits per heavy atom. The molecule has 0 unspecified atom stereocenters. The number of aldehydes is 1. The zero-order valence-electron chi connectivity index (χ0n) is 6.42. The van der Waals surface area contributed by atoms with Gasteiger partial charge in [-0.1, -0.05) is 24.3 Å². The molecule has 0 aliphatic carbocycles. The molecule has 0 heterocycles. The average molecular weight is 138 g/mol. The monoisotopic (exact) mass is 138 g/mol. The van der Waals surface area contributed by atoms with Gasteiger partial charge in [-0.15, -0.1) is 0 Å². The maximum Gasteiger partial charge on any atom is 0.120 e. The molecular formula is C9H14O. The highest BCUT2D eigenvalue weighted by atomic mass is 16.1. The molecular weight excluding hydrogens is 124 g/mol. The van der Waals surface area contributed by atoms with Crippen molar-refractivity contribution in [2.24, 2.45) is 0 Å². The summed E-state index contributed by atoms with van der Waals surface area (Å²) in [7, 11) is 0. The van der Waals surface area contributed by atoms with Gasteiger partial charge in [0.2, 0.25) is 0 Å². The highest BCUT2D eigenvalue weighted by Crippen LogP contribution is 1.90. The van der Waals surface area contributed by atoms with Crippen LogP contribution in [0.25, 0.3) is 0 Å². The minimum absolute atomic E-state index is 0.645. The van der Waals surface area contributed by atoms with Crippen LogP contribution in [-0.4, -0.2) is 6.29 Å². The number of hydrogen-bond acceptors (Lipinski definition) is 1. The minimum atomic E-state index is 0.645. The van der Waals surface area contributed by atoms with Crippen LogP contribution in [0.4, 0.5) is 0 Å². The molecule has 0 fully saturated rings. The fraction of sp³-hybridized carbons (Fsp3) is 0.444. The number of carbonyl (C=O) groups is 1. The molecule has 0 spiro atoms. The Bertz CT molecular complexity index is 123. The third kappa shape index (κ3) is 7.15. The molecule has 0 saturated heterocycles. The van der Waals surface area contributed by atoms with Gasteiger partial charge in [-0.3, -0.25) is 0 Å². The Hall–Kier alpha value is -0.850. The van der Waals surface area contributed by atoms with Crippen LogP contribution >= 0.6 is 0 Å². The lowest BCUT2D eigenvalue weighted by atomic mass is 10.3. The molecule has 0 aromatic rings. The average Bonchev–Trinajstić information content (AvgIpc) is 1.97. The molecule has 1 nitrogen and oxygen atoms in total. The third-order valence-corrected chi connectivity index (χ3v) is 1.13. The van der Waals surface area contributed by atoms with E-state index < -0.39 is 0 Å². The smallest absolute Gasteiger partial charge is 0.120 e. The van der Waals surface area contributed by atoms with Gasteiger partial charge in [-0.05, 0) is 19.8 Å². The van der Waals surface area contributed by atoms with Gasteiger partial charge < -0.3 is 4.79 Å². The van der Waals surface area contributed by atoms with E-state index >= 15 is 0 Å². The molecule has 0 aromatic carbocycles. The first-order valence-corrected chi connectivity index (χ1v) is 3.61. The number of allylic oxidation sites excluding steroid dienone is 4. The third-order valence-electron chi connectivity index (χ3n) is 1.13. The normalized spacial score (nSPS) is 11.3. The lowest BCUT2D eigenvalue weighted by Gasteiger charge is -1.81. The molecule has 0 N–H and O–H groups in total. The highest BCUT2D eigenvalue weighted by molar-refractivity contribution is 5.49. The van der Waals surface area contributed by atoms with Gasteiger partial charge in [0.25, 0.3) is 0 Å². The molecule has 0 aliphatic heterocycles. The van der Waals surface area contributed by atoms with Crippen LogP contribution in [0, 0.1) is 0 Å². The summed E-state index contributed by atoms with van der Waals surface area (Å²) in [5.74, 6) is 0. The molecule has 0 radical (unpaired) electrons. The second kappa shape index (κ2) is 8.15. The Kier molecular flexibility index (Phi) is 7.46. The summed E-state index contributed by atoms with van der Waals surface area (Å²) in [5, 5.41) is 0. The van der Waals surface area contributed by atoms with Crippen molar-refractivity contribution in [3.8, 4) is 0 Å². The van der Waals surface area contributed by atoms with Crippen molar-refractivity contribution in [3.05, 3.63) is 24.3 Å². The maximum absolute atomic E-state index is 9.85. The molecule has 0 aromatic heterocycles. The van der Waals surface area contributed by atoms with Gasteiger partial charge in [0.05, 0.1) is 0 Å². The number of rotatable bonds is 5. The summed E-state index contributed by atoms with van der Waals surface area (Å²) in [6, 6.07) is 0. The predicted octanol–water partition coefficient (Wildman–Crippen LogP) is 2.49. The summed E-state index contributed by atoms with van der Waals surface area (Å²) < 4.78 is 0. The first kappa shape index (κ1) is 9.15. The zero-order chi connectivity index (χ0) is 7.66. The van der Waals surface area contributed by atoms with E-state index in [1.165, 1.54) is 0 Å². The van der Waals surface area contributed by atoms with E-state index in [1.807, 2.05) is 19.1 Å². The summed E-state index contributed by atoms with van der Waals surface area (Å²) >= 11 is 0. The molecule has 0 bridgehead atoms. The summed E-state index contributed by atoms with van der Waals surface area (Å²) in [6.07, 6.45) is 11.7. The minimum Gasteiger partial charge on any atom is -0.303 e. The topological polar surface area (TPSA) is 17.1 Å². The van der Waals surface area contributed by atoms with Crippen LogP contribution in [0.15, 0.2) is 24.3 Å². The van der Waals surface area contributed by atoms with Gasteiger partial charge in [0.15, 0.2) is 0 Å². The van der Waals surface area contributed by atoms with Crippen LogP contribution in [0.1, 0.15) is 26.2 Å². The van der Waals surface area contributed by atoms with Crippen molar-refractivity contribution < 1.29 is 4.79 Å². The van der Waals surface area contributed by atoms with Gasteiger partial charge in [0, 0.05) is 6.42 Å². The van der Waals surface area contributed by atoms with E-state index in [0.717, 1.165) is 19.1 Å². The number of carbonyl (C=O) groups excluding carboxylic acids is 1. The number of hydrogen-bond donors (Lipinski definition) is 0. The molecule has 0 aliphatic rings. The second-order valence-electron chi connectivity index (χ2n) is 2.02. The Balaban J connectivity index is 3.11. The Labute approximate surface area is 62.4 Å². The summed E-state index contributed by atoms with van der Waals surface area (Å²) in [4.78, 5) is 9.85. The molecule has 0 atom stereocenters. The van der Waals surface area contributed by atoms with E-state index in [2.05, 4.69) is 12.2 Å². The molecule has 0 amide bonds. The molecule has 0 rings (SSSR count). The Morgan fingerprint density at radius 1 is 1.10 bits per heavy atom. The van der Waals surface area contributed by atoms with Crippen LogP contribution in [0.3, 0.4) is 0 Å².